The fourth-order valence-electron chi connectivity index (χ4n) is 4.14. The lowest BCUT2D eigenvalue weighted by molar-refractivity contribution is -0.159. The molecule has 4 rings (SSSR count). The number of nitrogens with zero attached hydrogens (tertiary/aromatic N) is 5. The average molecular weight is 621 g/mol. The summed E-state index contributed by atoms with van der Waals surface area (Å²) in [6, 6.07) is 9.07. The number of amides is 3. The quantitative estimate of drug-likeness (QED) is 0.243. The summed E-state index contributed by atoms with van der Waals surface area (Å²) < 4.78 is 46.3. The van der Waals surface area contributed by atoms with Crippen LogP contribution < -0.4 is 26.2 Å². The second kappa shape index (κ2) is 16.2. The molecule has 1 aliphatic heterocycles. The number of ether oxygens (including phenoxy) is 1. The first kappa shape index (κ1) is 33.8. The zero-order chi connectivity index (χ0) is 32.1. The van der Waals surface area contributed by atoms with Gasteiger partial charge in [-0.3, -0.25) is 24.1 Å². The van der Waals surface area contributed by atoms with Crippen LogP contribution in [-0.4, -0.2) is 81.1 Å². The van der Waals surface area contributed by atoms with Gasteiger partial charge in [-0.05, 0) is 37.1 Å². The van der Waals surface area contributed by atoms with Crippen LogP contribution in [0.5, 0.6) is 5.75 Å². The number of piperazine rings is 1. The maximum Gasteiger partial charge on any atom is 0.394 e. The Balaban J connectivity index is 0.000000297. The van der Waals surface area contributed by atoms with Crippen LogP contribution in [0.4, 0.5) is 18.9 Å². The van der Waals surface area contributed by atoms with Crippen LogP contribution in [0.15, 0.2) is 53.6 Å². The summed E-state index contributed by atoms with van der Waals surface area (Å²) in [7, 11) is 0. The van der Waals surface area contributed by atoms with E-state index in [1.165, 1.54) is 33.6 Å². The number of pyridine rings is 1. The summed E-state index contributed by atoms with van der Waals surface area (Å²) in [5.41, 5.74) is 1.45. The topological polar surface area (TPSA) is 152 Å². The van der Waals surface area contributed by atoms with E-state index in [1.807, 2.05) is 0 Å². The third-order valence-corrected chi connectivity index (χ3v) is 6.07. The minimum Gasteiger partial charge on any atom is -0.433 e. The lowest BCUT2D eigenvalue weighted by Gasteiger charge is -2.25. The smallest absolute Gasteiger partial charge is 0.394 e. The normalized spacial score (nSPS) is 14.1. The second-order valence-electron chi connectivity index (χ2n) is 10.1. The first-order valence-electron chi connectivity index (χ1n) is 13.7. The highest BCUT2D eigenvalue weighted by atomic mass is 19.3. The van der Waals surface area contributed by atoms with Crippen molar-refractivity contribution in [2.45, 2.75) is 52.2 Å². The van der Waals surface area contributed by atoms with Gasteiger partial charge in [0.05, 0.1) is 25.3 Å². The molecule has 3 N–H and O–H groups in total. The molecule has 1 fully saturated rings. The van der Waals surface area contributed by atoms with Gasteiger partial charge in [0, 0.05) is 57.3 Å². The van der Waals surface area contributed by atoms with Crippen molar-refractivity contribution in [3.8, 4) is 5.75 Å². The summed E-state index contributed by atoms with van der Waals surface area (Å²) in [4.78, 5) is 47.4. The van der Waals surface area contributed by atoms with E-state index in [2.05, 4.69) is 31.0 Å². The molecule has 16 heteroatoms. The number of anilines is 1. The first-order valence-corrected chi connectivity index (χ1v) is 13.7. The van der Waals surface area contributed by atoms with Crippen LogP contribution in [0.25, 0.3) is 0 Å². The van der Waals surface area contributed by atoms with Crippen LogP contribution in [0.1, 0.15) is 24.6 Å². The molecule has 0 aliphatic carbocycles. The van der Waals surface area contributed by atoms with Crippen LogP contribution in [0, 0.1) is 6.92 Å². The zero-order valence-corrected chi connectivity index (χ0v) is 24.3. The van der Waals surface area contributed by atoms with Crippen LogP contribution in [0.2, 0.25) is 0 Å². The average Bonchev–Trinajstić information content (AvgIpc) is 3.35. The Morgan fingerprint density at radius 3 is 2.70 bits per heavy atom. The predicted octanol–water partition coefficient (Wildman–Crippen LogP) is 1.47. The van der Waals surface area contributed by atoms with Crippen molar-refractivity contribution in [1.82, 2.24) is 35.1 Å². The number of benzene rings is 1. The molecule has 1 aliphatic rings. The number of carbonyl (C=O) groups excluding carboxylic acids is 3. The summed E-state index contributed by atoms with van der Waals surface area (Å²) >= 11 is 0. The van der Waals surface area contributed by atoms with Gasteiger partial charge in [-0.25, -0.2) is 9.07 Å². The fourth-order valence-corrected chi connectivity index (χ4v) is 4.14. The predicted molar refractivity (Wildman–Crippen MR) is 154 cm³/mol. The van der Waals surface area contributed by atoms with Gasteiger partial charge in [0.2, 0.25) is 18.2 Å². The van der Waals surface area contributed by atoms with Gasteiger partial charge in [0.25, 0.3) is 5.56 Å². The molecule has 0 radical (unpaired) electrons. The van der Waals surface area contributed by atoms with E-state index >= 15 is 0 Å². The molecule has 13 nitrogen and oxygen atoms in total. The van der Waals surface area contributed by atoms with Crippen LogP contribution >= 0.6 is 0 Å². The molecule has 1 atom stereocenters. The highest BCUT2D eigenvalue weighted by molar-refractivity contribution is 5.92. The van der Waals surface area contributed by atoms with E-state index < -0.39 is 12.3 Å². The maximum absolute atomic E-state index is 14.1. The molecule has 1 aromatic carbocycles. The number of hydrogen-bond donors (Lipinski definition) is 3. The SMILES string of the molecule is CC(F)(F)Oc1cccc(CNC=O)c1.Cc1cn(CC(F)CCn2ccc(NC(=O)CN3CCNC(=O)C3)cc2=O)nn1. The van der Waals surface area contributed by atoms with Crippen molar-refractivity contribution < 1.29 is 32.3 Å². The summed E-state index contributed by atoms with van der Waals surface area (Å²) in [6.45, 7) is 4.38. The zero-order valence-electron chi connectivity index (χ0n) is 24.3. The largest absolute Gasteiger partial charge is 0.433 e. The molecule has 3 amide bonds. The fraction of sp³-hybridized carbons (Fsp3) is 0.429. The molecule has 0 bridgehead atoms. The van der Waals surface area contributed by atoms with Crippen molar-refractivity contribution in [2.24, 2.45) is 0 Å². The van der Waals surface area contributed by atoms with Crippen molar-refractivity contribution in [2.75, 3.05) is 31.5 Å². The standard InChI is InChI=1S/C18H24FN7O3.C10H11F2NO2/c1-13-9-26(23-22-13)10-14(19)2-5-25-6-3-15(8-18(25)29)21-17(28)12-24-7-4-20-16(27)11-24;1-10(11,12)15-9-4-2-3-8(5-9)6-13-7-14/h3,6,8-9,14H,2,4-5,7,10-12H2,1H3,(H,20,27)(H,21,28);2-5,7H,6H2,1H3,(H,13,14). The van der Waals surface area contributed by atoms with Crippen LogP contribution in [0.3, 0.4) is 0 Å². The number of halogens is 3. The minimum atomic E-state index is -3.20. The number of rotatable bonds is 13. The van der Waals surface area contributed by atoms with E-state index in [9.17, 15) is 32.3 Å². The minimum absolute atomic E-state index is 0.0712. The van der Waals surface area contributed by atoms with Gasteiger partial charge in [0.15, 0.2) is 0 Å². The molecule has 1 unspecified atom stereocenters. The Kier molecular flexibility index (Phi) is 12.4. The summed E-state index contributed by atoms with van der Waals surface area (Å²) in [5.74, 6) is -0.340. The van der Waals surface area contributed by atoms with Gasteiger partial charge in [0.1, 0.15) is 11.9 Å². The number of hydrogen-bond acceptors (Lipinski definition) is 8. The molecule has 0 spiro atoms. The molecule has 0 saturated carbocycles. The summed E-state index contributed by atoms with van der Waals surface area (Å²) in [5, 5.41) is 15.4. The number of alkyl halides is 3. The lowest BCUT2D eigenvalue weighted by atomic mass is 10.2. The van der Waals surface area contributed by atoms with E-state index in [-0.39, 0.29) is 62.3 Å². The maximum atomic E-state index is 14.1. The highest BCUT2D eigenvalue weighted by Crippen LogP contribution is 2.21. The molecular formula is C28H35F3N8O5. The van der Waals surface area contributed by atoms with Gasteiger partial charge >= 0.3 is 6.11 Å². The van der Waals surface area contributed by atoms with Crippen molar-refractivity contribution in [3.05, 3.63) is 70.4 Å². The Morgan fingerprint density at radius 1 is 1.25 bits per heavy atom. The number of aromatic nitrogens is 4. The molecule has 238 valence electrons. The van der Waals surface area contributed by atoms with Gasteiger partial charge < -0.3 is 25.3 Å². The van der Waals surface area contributed by atoms with Gasteiger partial charge in [-0.15, -0.1) is 5.10 Å². The van der Waals surface area contributed by atoms with Gasteiger partial charge in [-0.2, -0.15) is 8.78 Å². The van der Waals surface area contributed by atoms with Crippen molar-refractivity contribution >= 4 is 23.9 Å². The first-order chi connectivity index (χ1) is 20.9. The third kappa shape index (κ3) is 12.2. The Bertz CT molecular complexity index is 1460. The van der Waals surface area contributed by atoms with E-state index in [0.29, 0.717) is 37.7 Å². The second-order valence-corrected chi connectivity index (χ2v) is 10.1. The molecule has 44 heavy (non-hydrogen) atoms. The number of aryl methyl sites for hydroxylation is 2. The van der Waals surface area contributed by atoms with E-state index in [0.717, 1.165) is 5.69 Å². The number of nitrogens with one attached hydrogen (secondary N) is 3. The van der Waals surface area contributed by atoms with Gasteiger partial charge in [-0.1, -0.05) is 17.3 Å². The number of carbonyl (C=O) groups is 3. The molecule has 3 aromatic rings. The highest BCUT2D eigenvalue weighted by Gasteiger charge is 2.23. The van der Waals surface area contributed by atoms with Crippen LogP contribution in [-0.2, 0) is 34.0 Å². The Morgan fingerprint density at radius 2 is 2.05 bits per heavy atom. The van der Waals surface area contributed by atoms with Crippen molar-refractivity contribution in [1.29, 1.82) is 0 Å². The van der Waals surface area contributed by atoms with Crippen molar-refractivity contribution in [3.63, 3.8) is 0 Å². The Hall–Kier alpha value is -4.73. The van der Waals surface area contributed by atoms with E-state index in [1.54, 1.807) is 36.2 Å². The molecule has 3 heterocycles. The molecule has 2 aromatic heterocycles. The molecular weight excluding hydrogens is 585 g/mol. The monoisotopic (exact) mass is 620 g/mol. The lowest BCUT2D eigenvalue weighted by Crippen LogP contribution is -2.49. The third-order valence-electron chi connectivity index (χ3n) is 6.07. The molecule has 1 saturated heterocycles. The summed E-state index contributed by atoms with van der Waals surface area (Å²) in [6.07, 6.45) is -0.477. The Labute approximate surface area is 251 Å². The van der Waals surface area contributed by atoms with E-state index in [4.69, 9.17) is 0 Å².